The predicted molar refractivity (Wildman–Crippen MR) is 83.4 cm³/mol. The number of hydrogen-bond donors (Lipinski definition) is 0. The molecule has 4 rings (SSSR count). The molecule has 120 valence electrons. The van der Waals surface area contributed by atoms with E-state index in [0.717, 1.165) is 25.0 Å². The highest BCUT2D eigenvalue weighted by atomic mass is 19.1. The van der Waals surface area contributed by atoms with Gasteiger partial charge in [0.25, 0.3) is 0 Å². The normalized spacial score (nSPS) is 17.4. The summed E-state index contributed by atoms with van der Waals surface area (Å²) in [7, 11) is 0. The Morgan fingerprint density at radius 2 is 2.12 bits per heavy atom. The highest BCUT2D eigenvalue weighted by Crippen LogP contribution is 2.36. The van der Waals surface area contributed by atoms with E-state index < -0.39 is 11.6 Å². The lowest BCUT2D eigenvalue weighted by Gasteiger charge is -2.26. The van der Waals surface area contributed by atoms with E-state index in [4.69, 9.17) is 5.26 Å². The van der Waals surface area contributed by atoms with Crippen LogP contribution < -0.4 is 4.90 Å². The van der Waals surface area contributed by atoms with Gasteiger partial charge in [-0.1, -0.05) is 0 Å². The lowest BCUT2D eigenvalue weighted by atomic mass is 10.0. The molecule has 3 heterocycles. The third-order valence-corrected chi connectivity index (χ3v) is 4.34. The maximum absolute atomic E-state index is 14.2. The summed E-state index contributed by atoms with van der Waals surface area (Å²) in [6.07, 6.45) is 4.76. The molecule has 0 aliphatic carbocycles. The van der Waals surface area contributed by atoms with Gasteiger partial charge in [0, 0.05) is 18.3 Å². The Labute approximate surface area is 136 Å². The van der Waals surface area contributed by atoms with Gasteiger partial charge in [-0.05, 0) is 37.1 Å². The standard InChI is InChI=1S/C17H13F2N5/c18-12-3-4-14(19)13(8-12)15-2-1-6-23(15)16-5-7-24-17(22-16)11(9-20)10-21-24/h3-5,7-8,10,15H,1-2,6H2. The Morgan fingerprint density at radius 1 is 1.25 bits per heavy atom. The number of fused-ring (bicyclic) bond motifs is 1. The molecule has 1 atom stereocenters. The van der Waals surface area contributed by atoms with Crippen molar-refractivity contribution in [2.75, 3.05) is 11.4 Å². The molecule has 7 heteroatoms. The monoisotopic (exact) mass is 325 g/mol. The number of hydrogen-bond acceptors (Lipinski definition) is 4. The smallest absolute Gasteiger partial charge is 0.175 e. The van der Waals surface area contributed by atoms with Crippen LogP contribution in [0, 0.1) is 23.0 Å². The Morgan fingerprint density at radius 3 is 2.96 bits per heavy atom. The summed E-state index contributed by atoms with van der Waals surface area (Å²) in [6, 6.07) is 7.07. The van der Waals surface area contributed by atoms with E-state index in [-0.39, 0.29) is 6.04 Å². The van der Waals surface area contributed by atoms with Gasteiger partial charge in [-0.3, -0.25) is 0 Å². The van der Waals surface area contributed by atoms with Crippen molar-refractivity contribution in [1.29, 1.82) is 5.26 Å². The molecule has 0 spiro atoms. The zero-order valence-corrected chi connectivity index (χ0v) is 12.7. The maximum atomic E-state index is 14.2. The number of aromatic nitrogens is 3. The minimum atomic E-state index is -0.454. The fourth-order valence-corrected chi connectivity index (χ4v) is 3.23. The Hall–Kier alpha value is -3.01. The third kappa shape index (κ3) is 2.27. The SMILES string of the molecule is N#Cc1cnn2ccc(N3CCCC3c3cc(F)ccc3F)nc12. The molecule has 1 fully saturated rings. The molecule has 1 saturated heterocycles. The molecule has 1 aromatic carbocycles. The van der Waals surface area contributed by atoms with E-state index in [1.54, 1.807) is 12.3 Å². The Balaban J connectivity index is 1.77. The minimum Gasteiger partial charge on any atom is -0.349 e. The van der Waals surface area contributed by atoms with E-state index in [1.165, 1.54) is 16.8 Å². The van der Waals surface area contributed by atoms with Crippen molar-refractivity contribution >= 4 is 11.5 Å². The van der Waals surface area contributed by atoms with Crippen LogP contribution in [0.2, 0.25) is 0 Å². The van der Waals surface area contributed by atoms with E-state index >= 15 is 0 Å². The van der Waals surface area contributed by atoms with E-state index in [0.29, 0.717) is 29.1 Å². The first-order chi connectivity index (χ1) is 11.7. The highest BCUT2D eigenvalue weighted by Gasteiger charge is 2.29. The van der Waals surface area contributed by atoms with Gasteiger partial charge in [-0.15, -0.1) is 0 Å². The number of rotatable bonds is 2. The summed E-state index contributed by atoms with van der Waals surface area (Å²) in [4.78, 5) is 6.45. The van der Waals surface area contributed by atoms with Gasteiger partial charge in [-0.2, -0.15) is 10.4 Å². The summed E-state index contributed by atoms with van der Waals surface area (Å²) in [5.41, 5.74) is 1.17. The summed E-state index contributed by atoms with van der Waals surface area (Å²) in [5, 5.41) is 13.2. The highest BCUT2D eigenvalue weighted by molar-refractivity contribution is 5.58. The fraction of sp³-hybridized carbons (Fsp3) is 0.235. The topological polar surface area (TPSA) is 57.2 Å². The molecule has 2 aromatic heterocycles. The van der Waals surface area contributed by atoms with Crippen LogP contribution in [-0.2, 0) is 0 Å². The largest absolute Gasteiger partial charge is 0.349 e. The second-order valence-electron chi connectivity index (χ2n) is 5.74. The Bertz CT molecular complexity index is 959. The first kappa shape index (κ1) is 14.6. The van der Waals surface area contributed by atoms with Crippen LogP contribution in [0.5, 0.6) is 0 Å². The number of benzene rings is 1. The van der Waals surface area contributed by atoms with E-state index in [1.807, 2.05) is 4.90 Å². The van der Waals surface area contributed by atoms with E-state index in [2.05, 4.69) is 16.2 Å². The van der Waals surface area contributed by atoms with Crippen LogP contribution >= 0.6 is 0 Å². The van der Waals surface area contributed by atoms with Gasteiger partial charge in [-0.25, -0.2) is 18.3 Å². The maximum Gasteiger partial charge on any atom is 0.175 e. The summed E-state index contributed by atoms with van der Waals surface area (Å²) < 4.78 is 29.2. The van der Waals surface area contributed by atoms with Crippen molar-refractivity contribution in [3.63, 3.8) is 0 Å². The second kappa shape index (κ2) is 5.57. The average Bonchev–Trinajstić information content (AvgIpc) is 3.22. The van der Waals surface area contributed by atoms with Crippen LogP contribution in [0.25, 0.3) is 5.65 Å². The molecule has 0 N–H and O–H groups in total. The molecule has 1 unspecified atom stereocenters. The number of halogens is 2. The molecule has 0 bridgehead atoms. The van der Waals surface area contributed by atoms with Gasteiger partial charge in [0.05, 0.1) is 12.2 Å². The lowest BCUT2D eigenvalue weighted by Crippen LogP contribution is -2.24. The molecule has 0 amide bonds. The van der Waals surface area contributed by atoms with Crippen molar-refractivity contribution in [1.82, 2.24) is 14.6 Å². The first-order valence-corrected chi connectivity index (χ1v) is 7.63. The van der Waals surface area contributed by atoms with E-state index in [9.17, 15) is 8.78 Å². The van der Waals surface area contributed by atoms with Crippen LogP contribution in [0.15, 0.2) is 36.7 Å². The first-order valence-electron chi connectivity index (χ1n) is 7.63. The second-order valence-corrected chi connectivity index (χ2v) is 5.74. The molecular weight excluding hydrogens is 312 g/mol. The lowest BCUT2D eigenvalue weighted by molar-refractivity contribution is 0.560. The molecule has 24 heavy (non-hydrogen) atoms. The minimum absolute atomic E-state index is 0.274. The molecular formula is C17H13F2N5. The summed E-state index contributed by atoms with van der Waals surface area (Å²) in [6.45, 7) is 0.694. The van der Waals surface area contributed by atoms with Crippen molar-refractivity contribution in [2.24, 2.45) is 0 Å². The van der Waals surface area contributed by atoms with Gasteiger partial charge in [0.15, 0.2) is 5.65 Å². The number of nitriles is 1. The number of nitrogens with zero attached hydrogens (tertiary/aromatic N) is 5. The molecule has 0 radical (unpaired) electrons. The van der Waals surface area contributed by atoms with Crippen LogP contribution in [0.4, 0.5) is 14.6 Å². The third-order valence-electron chi connectivity index (χ3n) is 4.34. The van der Waals surface area contributed by atoms with Gasteiger partial charge in [0.1, 0.15) is 29.1 Å². The quantitative estimate of drug-likeness (QED) is 0.726. The molecule has 3 aromatic rings. The fourth-order valence-electron chi connectivity index (χ4n) is 3.23. The van der Waals surface area contributed by atoms with Crippen molar-refractivity contribution < 1.29 is 8.78 Å². The molecule has 5 nitrogen and oxygen atoms in total. The van der Waals surface area contributed by atoms with Crippen LogP contribution in [0.1, 0.15) is 30.0 Å². The van der Waals surface area contributed by atoms with Crippen LogP contribution in [0.3, 0.4) is 0 Å². The average molecular weight is 325 g/mol. The van der Waals surface area contributed by atoms with Crippen LogP contribution in [-0.4, -0.2) is 21.1 Å². The van der Waals surface area contributed by atoms with Crippen molar-refractivity contribution in [2.45, 2.75) is 18.9 Å². The molecule has 0 saturated carbocycles. The zero-order valence-electron chi connectivity index (χ0n) is 12.7. The number of anilines is 1. The van der Waals surface area contributed by atoms with Gasteiger partial charge >= 0.3 is 0 Å². The summed E-state index contributed by atoms with van der Waals surface area (Å²) >= 11 is 0. The molecule has 1 aliphatic heterocycles. The summed E-state index contributed by atoms with van der Waals surface area (Å²) in [5.74, 6) is -0.244. The predicted octanol–water partition coefficient (Wildman–Crippen LogP) is 3.22. The Kier molecular flexibility index (Phi) is 3.38. The van der Waals surface area contributed by atoms with Gasteiger partial charge < -0.3 is 4.90 Å². The van der Waals surface area contributed by atoms with Crippen molar-refractivity contribution in [3.05, 3.63) is 59.4 Å². The van der Waals surface area contributed by atoms with Crippen molar-refractivity contribution in [3.8, 4) is 6.07 Å². The molecule has 1 aliphatic rings. The van der Waals surface area contributed by atoms with Gasteiger partial charge in [0.2, 0.25) is 0 Å². The zero-order chi connectivity index (χ0) is 16.7.